The molecular weight excluding hydrogens is 1140 g/mol. The van der Waals surface area contributed by atoms with E-state index >= 15 is 0 Å². The Hall–Kier alpha value is -4.15. The lowest BCUT2D eigenvalue weighted by molar-refractivity contribution is -0.142. The number of hydrogen-bond acceptors (Lipinski definition) is 10. The normalized spacial score (nSPS) is 13.0. The van der Waals surface area contributed by atoms with Crippen LogP contribution in [0, 0.1) is 29.6 Å². The lowest BCUT2D eigenvalue weighted by Crippen LogP contribution is -2.08. The molecule has 0 aliphatic heterocycles. The van der Waals surface area contributed by atoms with Crippen molar-refractivity contribution in [3.63, 3.8) is 0 Å². The summed E-state index contributed by atoms with van der Waals surface area (Å²) in [4.78, 5) is 52.3. The number of aliphatic carboxylic acids is 5. The summed E-state index contributed by atoms with van der Waals surface area (Å²) >= 11 is 0. The summed E-state index contributed by atoms with van der Waals surface area (Å²) in [6, 6.07) is 0. The van der Waals surface area contributed by atoms with Crippen molar-refractivity contribution < 1.29 is 75.0 Å². The van der Waals surface area contributed by atoms with Crippen LogP contribution in [0.5, 0.6) is 0 Å². The molecule has 15 nitrogen and oxygen atoms in total. The maximum atomic E-state index is 10.6. The van der Waals surface area contributed by atoms with Gasteiger partial charge in [0.05, 0.1) is 11.8 Å². The van der Waals surface area contributed by atoms with Crippen LogP contribution < -0.4 is 0 Å². The zero-order chi connectivity index (χ0) is 68.2. The molecule has 10 N–H and O–H groups in total. The zero-order valence-corrected chi connectivity index (χ0v) is 58.0. The highest BCUT2D eigenvalue weighted by Crippen LogP contribution is 2.17. The van der Waals surface area contributed by atoms with E-state index in [1.165, 1.54) is 77.0 Å². The Morgan fingerprint density at radius 3 is 0.933 bits per heavy atom. The standard InChI is InChI=1S/C17H32O3.C16H30O3.C15H28O3.C14H26O3.C13H24O3/c1-16(13-11-14-17(19)20)12-9-7-5-3-2-4-6-8-10-15-18;1-15(14-16(18)19)12-10-8-6-4-2-3-5-7-9-11-13-17;1-14(15(17)18)12-10-8-6-4-2-3-5-7-9-11-13-16;1-13(14(16)17)11-9-7-5-3-2-4-6-8-10-12-15;1-12(9-10-13(15)16)8-6-4-2-3-5-7-11-14/h5,7,16,18H,2-4,6,8-15H2,1H3,(H,19,20);4,6,15,17H,2-3,5,7-14H2,1H3,(H,18,19);2,4,14,16H,3,5-13H2,1H3,(H,17,18);7,9,13,15H,2-6,8,10-12H2,1H3,(H,16,17);4,6,12,14H,2-3,5,7-11H2,1H3,(H,15,16). The Morgan fingerprint density at radius 2 is 0.567 bits per heavy atom. The number of carboxylic acid groups (broad SMARTS) is 5. The second-order valence-electron chi connectivity index (χ2n) is 24.9. The first-order valence-corrected chi connectivity index (χ1v) is 35.8. The molecule has 0 bridgehead atoms. The Bertz CT molecular complexity index is 1680. The molecule has 0 aromatic carbocycles. The fourth-order valence-electron chi connectivity index (χ4n) is 9.28. The third kappa shape index (κ3) is 95.0. The van der Waals surface area contributed by atoms with Crippen molar-refractivity contribution in [3.05, 3.63) is 60.8 Å². The number of unbranched alkanes of at least 4 members (excludes halogenated alkanes) is 26. The van der Waals surface area contributed by atoms with Gasteiger partial charge in [-0.3, -0.25) is 24.0 Å². The molecule has 0 aliphatic rings. The van der Waals surface area contributed by atoms with Crippen molar-refractivity contribution in [1.82, 2.24) is 0 Å². The van der Waals surface area contributed by atoms with Crippen LogP contribution in [-0.2, 0) is 24.0 Å². The van der Waals surface area contributed by atoms with Crippen LogP contribution in [0.1, 0.15) is 324 Å². The van der Waals surface area contributed by atoms with E-state index in [1.54, 1.807) is 13.8 Å². The van der Waals surface area contributed by atoms with Crippen molar-refractivity contribution in [1.29, 1.82) is 0 Å². The molecule has 0 radical (unpaired) electrons. The topological polar surface area (TPSA) is 288 Å². The van der Waals surface area contributed by atoms with E-state index in [4.69, 9.17) is 51.1 Å². The maximum Gasteiger partial charge on any atom is 0.306 e. The Morgan fingerprint density at radius 1 is 0.256 bits per heavy atom. The number of aliphatic hydroxyl groups is 5. The first kappa shape index (κ1) is 94.6. The second-order valence-corrected chi connectivity index (χ2v) is 24.9. The minimum atomic E-state index is -0.724. The van der Waals surface area contributed by atoms with Gasteiger partial charge in [0, 0.05) is 52.3 Å². The lowest BCUT2D eigenvalue weighted by Gasteiger charge is -2.08. The molecule has 0 aromatic rings. The van der Waals surface area contributed by atoms with Crippen molar-refractivity contribution in [2.75, 3.05) is 33.0 Å². The second kappa shape index (κ2) is 80.9. The number of carbonyl (C=O) groups is 5. The smallest absolute Gasteiger partial charge is 0.306 e. The quantitative estimate of drug-likeness (QED) is 0.0200. The number of aliphatic hydroxyl groups excluding tert-OH is 5. The average Bonchev–Trinajstić information content (AvgIpc) is 3.58. The molecule has 5 atom stereocenters. The van der Waals surface area contributed by atoms with Crippen LogP contribution in [0.15, 0.2) is 60.8 Å². The molecule has 0 saturated heterocycles. The predicted molar refractivity (Wildman–Crippen MR) is 373 cm³/mol. The van der Waals surface area contributed by atoms with Crippen LogP contribution in [-0.4, -0.2) is 114 Å². The molecule has 0 heterocycles. The van der Waals surface area contributed by atoms with Crippen LogP contribution in [0.3, 0.4) is 0 Å². The molecule has 530 valence electrons. The summed E-state index contributed by atoms with van der Waals surface area (Å²) in [6.07, 6.45) is 67.7. The van der Waals surface area contributed by atoms with Crippen LogP contribution in [0.2, 0.25) is 0 Å². The van der Waals surface area contributed by atoms with Gasteiger partial charge >= 0.3 is 29.8 Å². The number of carboxylic acids is 5. The van der Waals surface area contributed by atoms with Crippen molar-refractivity contribution in [3.8, 4) is 0 Å². The van der Waals surface area contributed by atoms with Crippen LogP contribution in [0.25, 0.3) is 0 Å². The van der Waals surface area contributed by atoms with E-state index in [2.05, 4.69) is 68.5 Å². The molecule has 0 rings (SSSR count). The van der Waals surface area contributed by atoms with Gasteiger partial charge in [0.1, 0.15) is 0 Å². The summed E-state index contributed by atoms with van der Waals surface area (Å²) in [5, 5.41) is 86.2. The Balaban J connectivity index is -0.000000335. The number of rotatable bonds is 60. The van der Waals surface area contributed by atoms with E-state index in [0.717, 1.165) is 186 Å². The minimum absolute atomic E-state index is 0.208. The first-order chi connectivity index (χ1) is 43.4. The Kier molecular flexibility index (Phi) is 85.0. The monoisotopic (exact) mass is 1280 g/mol. The third-order valence-corrected chi connectivity index (χ3v) is 15.5. The van der Waals surface area contributed by atoms with Crippen molar-refractivity contribution in [2.24, 2.45) is 29.6 Å². The van der Waals surface area contributed by atoms with E-state index in [-0.39, 0.29) is 37.2 Å². The molecular formula is C75H140O15. The van der Waals surface area contributed by atoms with Gasteiger partial charge in [-0.05, 0) is 191 Å². The van der Waals surface area contributed by atoms with Crippen LogP contribution >= 0.6 is 0 Å². The van der Waals surface area contributed by atoms with E-state index < -0.39 is 29.8 Å². The molecule has 90 heavy (non-hydrogen) atoms. The molecule has 0 fully saturated rings. The molecule has 0 amide bonds. The summed E-state index contributed by atoms with van der Waals surface area (Å²) in [7, 11) is 0. The summed E-state index contributed by atoms with van der Waals surface area (Å²) in [6.45, 7) is 11.3. The van der Waals surface area contributed by atoms with Gasteiger partial charge in [-0.2, -0.15) is 0 Å². The lowest BCUT2D eigenvalue weighted by atomic mass is 9.98. The fraction of sp³-hybridized carbons (Fsp3) is 0.800. The van der Waals surface area contributed by atoms with Gasteiger partial charge in [-0.15, -0.1) is 0 Å². The van der Waals surface area contributed by atoms with Gasteiger partial charge in [0.2, 0.25) is 0 Å². The first-order valence-electron chi connectivity index (χ1n) is 35.8. The minimum Gasteiger partial charge on any atom is -0.481 e. The molecule has 0 aliphatic carbocycles. The zero-order valence-electron chi connectivity index (χ0n) is 58.0. The predicted octanol–water partition coefficient (Wildman–Crippen LogP) is 18.8. The summed E-state index contributed by atoms with van der Waals surface area (Å²) in [5.41, 5.74) is 0. The Labute approximate surface area is 549 Å². The van der Waals surface area contributed by atoms with Gasteiger partial charge < -0.3 is 51.1 Å². The van der Waals surface area contributed by atoms with Gasteiger partial charge in [0.15, 0.2) is 0 Å². The van der Waals surface area contributed by atoms with E-state index in [0.29, 0.717) is 51.1 Å². The van der Waals surface area contributed by atoms with E-state index in [9.17, 15) is 24.0 Å². The highest BCUT2D eigenvalue weighted by Gasteiger charge is 2.10. The highest BCUT2D eigenvalue weighted by molar-refractivity contribution is 5.70. The molecule has 5 unspecified atom stereocenters. The number of hydrogen-bond donors (Lipinski definition) is 10. The number of allylic oxidation sites excluding steroid dienone is 10. The largest absolute Gasteiger partial charge is 0.481 e. The highest BCUT2D eigenvalue weighted by atomic mass is 16.4. The van der Waals surface area contributed by atoms with Crippen molar-refractivity contribution in [2.45, 2.75) is 324 Å². The third-order valence-electron chi connectivity index (χ3n) is 15.5. The maximum absolute atomic E-state index is 10.6. The summed E-state index contributed by atoms with van der Waals surface area (Å²) in [5.74, 6) is -2.61. The molecule has 0 spiro atoms. The van der Waals surface area contributed by atoms with Crippen LogP contribution in [0.4, 0.5) is 0 Å². The van der Waals surface area contributed by atoms with Gasteiger partial charge in [0.25, 0.3) is 0 Å². The van der Waals surface area contributed by atoms with E-state index in [1.807, 2.05) is 13.0 Å². The fourth-order valence-corrected chi connectivity index (χ4v) is 9.28. The van der Waals surface area contributed by atoms with Gasteiger partial charge in [-0.25, -0.2) is 0 Å². The molecule has 0 aromatic heterocycles. The molecule has 0 saturated carbocycles. The molecule has 15 heteroatoms. The summed E-state index contributed by atoms with van der Waals surface area (Å²) < 4.78 is 0. The SMILES string of the molecule is CC(CC=CCCCCCCCCO)C(=O)O.CC(CC=CCCCCCO)CCC(=O)O.CC(CCC=CCCCCCCCO)CCCC(=O)O.CC(CCCC=CCCCCCCCO)CC(=O)O.CC(CCCCC=CCCCCCCO)C(=O)O. The van der Waals surface area contributed by atoms with Crippen molar-refractivity contribution >= 4 is 29.8 Å². The van der Waals surface area contributed by atoms with Gasteiger partial charge in [-0.1, -0.05) is 192 Å². The average molecular weight is 1280 g/mol.